The number of carbonyl (C=O) groups excluding carboxylic acids is 1. The van der Waals surface area contributed by atoms with Crippen molar-refractivity contribution in [2.75, 3.05) is 20.8 Å². The average molecular weight is 236 g/mol. The molecule has 92 valence electrons. The Bertz CT molecular complexity index is 410. The summed E-state index contributed by atoms with van der Waals surface area (Å²) in [6, 6.07) is 5.36. The van der Waals surface area contributed by atoms with Crippen LogP contribution >= 0.6 is 0 Å². The van der Waals surface area contributed by atoms with Gasteiger partial charge in [0.25, 0.3) is 0 Å². The van der Waals surface area contributed by atoms with Crippen LogP contribution in [0.2, 0.25) is 0 Å². The summed E-state index contributed by atoms with van der Waals surface area (Å²) in [7, 11) is 3.16. The Morgan fingerprint density at radius 3 is 2.65 bits per heavy atom. The third-order valence-electron chi connectivity index (χ3n) is 2.12. The van der Waals surface area contributed by atoms with Gasteiger partial charge in [-0.3, -0.25) is 0 Å². The zero-order chi connectivity index (χ0) is 12.7. The summed E-state index contributed by atoms with van der Waals surface area (Å²) < 4.78 is 15.1. The predicted molar refractivity (Wildman–Crippen MR) is 65.2 cm³/mol. The monoisotopic (exact) mass is 236 g/mol. The van der Waals surface area contributed by atoms with E-state index in [0.29, 0.717) is 18.1 Å². The van der Waals surface area contributed by atoms with E-state index >= 15 is 0 Å². The molecule has 0 atom stereocenters. The smallest absolute Gasteiger partial charge is 0.330 e. The normalized spacial score (nSPS) is 10.3. The molecule has 0 spiro atoms. The number of ether oxygens (including phenoxy) is 3. The van der Waals surface area contributed by atoms with E-state index in [1.54, 1.807) is 45.4 Å². The number of esters is 1. The van der Waals surface area contributed by atoms with Gasteiger partial charge in [-0.15, -0.1) is 0 Å². The summed E-state index contributed by atoms with van der Waals surface area (Å²) in [5.41, 5.74) is 0.764. The standard InChI is InChI=1S/C13H16O4/c1-4-17-13(14)8-5-10-9-11(15-2)6-7-12(10)16-3/h5-9H,4H2,1-3H3/b8-5-. The van der Waals surface area contributed by atoms with Crippen LogP contribution in [-0.4, -0.2) is 26.8 Å². The van der Waals surface area contributed by atoms with Crippen molar-refractivity contribution in [3.8, 4) is 11.5 Å². The molecule has 0 unspecified atom stereocenters. The topological polar surface area (TPSA) is 44.8 Å². The van der Waals surface area contributed by atoms with Crippen molar-refractivity contribution in [3.63, 3.8) is 0 Å². The second kappa shape index (κ2) is 6.58. The molecule has 17 heavy (non-hydrogen) atoms. The molecule has 1 rings (SSSR count). The van der Waals surface area contributed by atoms with Crippen LogP contribution < -0.4 is 9.47 Å². The highest BCUT2D eigenvalue weighted by molar-refractivity contribution is 5.87. The second-order valence-electron chi connectivity index (χ2n) is 3.19. The van der Waals surface area contributed by atoms with Crippen LogP contribution in [-0.2, 0) is 9.53 Å². The SMILES string of the molecule is CCOC(=O)/C=C\c1cc(OC)ccc1OC. The molecular formula is C13H16O4. The van der Waals surface area contributed by atoms with Crippen molar-refractivity contribution in [1.82, 2.24) is 0 Å². The maximum absolute atomic E-state index is 11.2. The molecule has 0 aliphatic heterocycles. The van der Waals surface area contributed by atoms with Gasteiger partial charge in [0.05, 0.1) is 20.8 Å². The molecule has 0 aliphatic rings. The minimum Gasteiger partial charge on any atom is -0.497 e. The summed E-state index contributed by atoms with van der Waals surface area (Å²) >= 11 is 0. The minimum absolute atomic E-state index is 0.360. The minimum atomic E-state index is -0.377. The highest BCUT2D eigenvalue weighted by atomic mass is 16.5. The van der Waals surface area contributed by atoms with E-state index in [2.05, 4.69) is 0 Å². The second-order valence-corrected chi connectivity index (χ2v) is 3.19. The molecule has 0 heterocycles. The van der Waals surface area contributed by atoms with Gasteiger partial charge in [-0.2, -0.15) is 0 Å². The van der Waals surface area contributed by atoms with Crippen LogP contribution in [0.4, 0.5) is 0 Å². The first-order valence-corrected chi connectivity index (χ1v) is 5.28. The maximum Gasteiger partial charge on any atom is 0.330 e. The third-order valence-corrected chi connectivity index (χ3v) is 2.12. The Balaban J connectivity index is 2.91. The van der Waals surface area contributed by atoms with Crippen LogP contribution in [0.15, 0.2) is 24.3 Å². The Morgan fingerprint density at radius 1 is 1.29 bits per heavy atom. The average Bonchev–Trinajstić information content (AvgIpc) is 2.36. The summed E-state index contributed by atoms with van der Waals surface area (Å²) in [5, 5.41) is 0. The van der Waals surface area contributed by atoms with Gasteiger partial charge >= 0.3 is 5.97 Å². The van der Waals surface area contributed by atoms with E-state index < -0.39 is 0 Å². The molecule has 0 radical (unpaired) electrons. The van der Waals surface area contributed by atoms with Crippen LogP contribution in [0.3, 0.4) is 0 Å². The molecule has 0 bridgehead atoms. The number of methoxy groups -OCH3 is 2. The lowest BCUT2D eigenvalue weighted by atomic mass is 10.1. The van der Waals surface area contributed by atoms with Crippen LogP contribution in [0.1, 0.15) is 12.5 Å². The molecule has 0 fully saturated rings. The van der Waals surface area contributed by atoms with Crippen molar-refractivity contribution in [2.24, 2.45) is 0 Å². The fourth-order valence-electron chi connectivity index (χ4n) is 1.32. The number of rotatable bonds is 5. The molecule has 0 aliphatic carbocycles. The molecule has 0 N–H and O–H groups in total. The lowest BCUT2D eigenvalue weighted by Gasteiger charge is -2.06. The van der Waals surface area contributed by atoms with Gasteiger partial charge in [0.1, 0.15) is 11.5 Å². The number of carbonyl (C=O) groups is 1. The number of benzene rings is 1. The van der Waals surface area contributed by atoms with E-state index in [1.807, 2.05) is 0 Å². The van der Waals surface area contributed by atoms with Crippen LogP contribution in [0, 0.1) is 0 Å². The van der Waals surface area contributed by atoms with Gasteiger partial charge < -0.3 is 14.2 Å². The van der Waals surface area contributed by atoms with Crippen molar-refractivity contribution < 1.29 is 19.0 Å². The quantitative estimate of drug-likeness (QED) is 0.581. The van der Waals surface area contributed by atoms with Gasteiger partial charge in [-0.05, 0) is 31.2 Å². The molecule has 4 heteroatoms. The molecule has 0 amide bonds. The zero-order valence-corrected chi connectivity index (χ0v) is 10.2. The van der Waals surface area contributed by atoms with E-state index in [0.717, 1.165) is 5.56 Å². The van der Waals surface area contributed by atoms with E-state index in [-0.39, 0.29) is 5.97 Å². The number of hydrogen-bond donors (Lipinski definition) is 0. The Hall–Kier alpha value is -1.97. The van der Waals surface area contributed by atoms with Crippen molar-refractivity contribution in [2.45, 2.75) is 6.92 Å². The van der Waals surface area contributed by atoms with Crippen molar-refractivity contribution in [1.29, 1.82) is 0 Å². The van der Waals surface area contributed by atoms with Gasteiger partial charge in [-0.25, -0.2) is 4.79 Å². The van der Waals surface area contributed by atoms with E-state index in [9.17, 15) is 4.79 Å². The summed E-state index contributed by atoms with van der Waals surface area (Å²) in [6.07, 6.45) is 3.00. The molecular weight excluding hydrogens is 220 g/mol. The van der Waals surface area contributed by atoms with Crippen LogP contribution in [0.5, 0.6) is 11.5 Å². The largest absolute Gasteiger partial charge is 0.497 e. The predicted octanol–water partition coefficient (Wildman–Crippen LogP) is 2.28. The fraction of sp³-hybridized carbons (Fsp3) is 0.308. The van der Waals surface area contributed by atoms with E-state index in [1.165, 1.54) is 6.08 Å². The fourth-order valence-corrected chi connectivity index (χ4v) is 1.32. The molecule has 1 aromatic rings. The molecule has 0 aromatic heterocycles. The maximum atomic E-state index is 11.2. The van der Waals surface area contributed by atoms with Gasteiger partial charge in [-0.1, -0.05) is 0 Å². The molecule has 0 saturated heterocycles. The van der Waals surface area contributed by atoms with Crippen LogP contribution in [0.25, 0.3) is 6.08 Å². The first-order chi connectivity index (χ1) is 8.21. The Kier molecular flexibility index (Phi) is 5.07. The molecule has 4 nitrogen and oxygen atoms in total. The van der Waals surface area contributed by atoms with Gasteiger partial charge in [0.15, 0.2) is 0 Å². The molecule has 0 saturated carbocycles. The first-order valence-electron chi connectivity index (χ1n) is 5.28. The highest BCUT2D eigenvalue weighted by Crippen LogP contribution is 2.24. The summed E-state index contributed by atoms with van der Waals surface area (Å²) in [4.78, 5) is 11.2. The lowest BCUT2D eigenvalue weighted by molar-refractivity contribution is -0.137. The zero-order valence-electron chi connectivity index (χ0n) is 10.2. The molecule has 1 aromatic carbocycles. The van der Waals surface area contributed by atoms with E-state index in [4.69, 9.17) is 14.2 Å². The third kappa shape index (κ3) is 3.83. The number of hydrogen-bond acceptors (Lipinski definition) is 4. The summed E-state index contributed by atoms with van der Waals surface area (Å²) in [5.74, 6) is 0.998. The summed E-state index contributed by atoms with van der Waals surface area (Å²) in [6.45, 7) is 2.12. The lowest BCUT2D eigenvalue weighted by Crippen LogP contribution is -1.98. The Labute approximate surface area is 101 Å². The van der Waals surface area contributed by atoms with Gasteiger partial charge in [0, 0.05) is 11.6 Å². The van der Waals surface area contributed by atoms with Crippen molar-refractivity contribution in [3.05, 3.63) is 29.8 Å². The highest BCUT2D eigenvalue weighted by Gasteiger charge is 2.02. The van der Waals surface area contributed by atoms with Crippen molar-refractivity contribution >= 4 is 12.0 Å². The Morgan fingerprint density at radius 2 is 2.06 bits per heavy atom. The first kappa shape index (κ1) is 13.1. The van der Waals surface area contributed by atoms with Gasteiger partial charge in [0.2, 0.25) is 0 Å².